The zero-order chi connectivity index (χ0) is 20.5. The molecule has 7 heteroatoms. The van der Waals surface area contributed by atoms with E-state index in [4.69, 9.17) is 4.74 Å². The van der Waals surface area contributed by atoms with Crippen LogP contribution in [0.3, 0.4) is 0 Å². The molecule has 2 aromatic rings. The first-order chi connectivity index (χ1) is 13.1. The van der Waals surface area contributed by atoms with Crippen LogP contribution >= 0.6 is 0 Å². The van der Waals surface area contributed by atoms with Gasteiger partial charge in [0.1, 0.15) is 22.7 Å². The van der Waals surface area contributed by atoms with Crippen LogP contribution in [0.25, 0.3) is 11.0 Å². The van der Waals surface area contributed by atoms with Gasteiger partial charge in [-0.25, -0.2) is 4.79 Å². The average Bonchev–Trinajstić information content (AvgIpc) is 2.57. The molecule has 2 heterocycles. The van der Waals surface area contributed by atoms with Crippen molar-refractivity contribution in [3.63, 3.8) is 0 Å². The van der Waals surface area contributed by atoms with Crippen molar-refractivity contribution in [2.45, 2.75) is 52.7 Å². The number of hydrogen-bond donors (Lipinski definition) is 1. The van der Waals surface area contributed by atoms with Gasteiger partial charge in [-0.2, -0.15) is 5.26 Å². The fraction of sp³-hybridized carbons (Fsp3) is 0.524. The Balaban J connectivity index is 1.89. The van der Waals surface area contributed by atoms with Crippen molar-refractivity contribution in [2.75, 3.05) is 18.0 Å². The maximum atomic E-state index is 12.3. The summed E-state index contributed by atoms with van der Waals surface area (Å²) in [6, 6.07) is 5.82. The van der Waals surface area contributed by atoms with Gasteiger partial charge in [-0.05, 0) is 44.7 Å². The van der Waals surface area contributed by atoms with Crippen LogP contribution in [0.2, 0.25) is 0 Å². The van der Waals surface area contributed by atoms with Gasteiger partial charge in [0.2, 0.25) is 0 Å². The van der Waals surface area contributed by atoms with Gasteiger partial charge in [0, 0.05) is 25.5 Å². The van der Waals surface area contributed by atoms with Gasteiger partial charge < -0.3 is 15.0 Å². The Hall–Kier alpha value is -2.88. The van der Waals surface area contributed by atoms with Crippen molar-refractivity contribution in [1.82, 2.24) is 15.3 Å². The highest BCUT2D eigenvalue weighted by Crippen LogP contribution is 2.35. The molecule has 148 valence electrons. The standard InChI is InChI=1S/C21H27N5O2/c1-20(2,3)28-19(27)25-15-10-21(4,5)13-26(12-15)16-7-6-14(11-22)17-18(16)24-9-8-23-17/h6-9,15H,10,12-13H2,1-5H3,(H,25,27)/t15-/m1/s1. The number of amides is 1. The van der Waals surface area contributed by atoms with E-state index in [1.807, 2.05) is 26.8 Å². The van der Waals surface area contributed by atoms with E-state index < -0.39 is 11.7 Å². The molecule has 3 rings (SSSR count). The largest absolute Gasteiger partial charge is 0.444 e. The lowest BCUT2D eigenvalue weighted by atomic mass is 9.81. The summed E-state index contributed by atoms with van der Waals surface area (Å²) in [4.78, 5) is 23.3. The van der Waals surface area contributed by atoms with E-state index in [1.165, 1.54) is 0 Å². The zero-order valence-corrected chi connectivity index (χ0v) is 17.1. The molecule has 1 aromatic carbocycles. The fourth-order valence-corrected chi connectivity index (χ4v) is 3.79. The molecule has 1 amide bonds. The Morgan fingerprint density at radius 1 is 1.29 bits per heavy atom. The van der Waals surface area contributed by atoms with Crippen molar-refractivity contribution in [1.29, 1.82) is 5.26 Å². The van der Waals surface area contributed by atoms with E-state index in [0.29, 0.717) is 23.1 Å². The molecule has 0 spiro atoms. The number of carbonyl (C=O) groups is 1. The molecule has 1 atom stereocenters. The second-order valence-corrected chi connectivity index (χ2v) is 9.09. The van der Waals surface area contributed by atoms with E-state index in [0.717, 1.165) is 18.7 Å². The van der Waals surface area contributed by atoms with E-state index in [1.54, 1.807) is 18.5 Å². The van der Waals surface area contributed by atoms with E-state index >= 15 is 0 Å². The summed E-state index contributed by atoms with van der Waals surface area (Å²) in [7, 11) is 0. The van der Waals surface area contributed by atoms with E-state index in [2.05, 4.69) is 40.1 Å². The van der Waals surface area contributed by atoms with E-state index in [-0.39, 0.29) is 11.5 Å². The number of nitrogens with one attached hydrogen (secondary N) is 1. The summed E-state index contributed by atoms with van der Waals surface area (Å²) in [5, 5.41) is 12.4. The lowest BCUT2D eigenvalue weighted by molar-refractivity contribution is 0.0484. The Bertz CT molecular complexity index is 927. The minimum absolute atomic E-state index is 0.0135. The van der Waals surface area contributed by atoms with Gasteiger partial charge in [-0.1, -0.05) is 13.8 Å². The van der Waals surface area contributed by atoms with Crippen LogP contribution in [-0.2, 0) is 4.74 Å². The lowest BCUT2D eigenvalue weighted by Gasteiger charge is -2.44. The summed E-state index contributed by atoms with van der Waals surface area (Å²) in [6.07, 6.45) is 3.68. The molecule has 1 saturated heterocycles. The third-order valence-electron chi connectivity index (χ3n) is 4.64. The summed E-state index contributed by atoms with van der Waals surface area (Å²) in [5.41, 5.74) is 2.18. The SMILES string of the molecule is CC1(C)C[C@@H](NC(=O)OC(C)(C)C)CN(c2ccc(C#N)c3nccnc23)C1. The Morgan fingerprint density at radius 3 is 2.61 bits per heavy atom. The molecule has 28 heavy (non-hydrogen) atoms. The number of hydrogen-bond acceptors (Lipinski definition) is 6. The van der Waals surface area contributed by atoms with Crippen molar-refractivity contribution in [2.24, 2.45) is 5.41 Å². The highest BCUT2D eigenvalue weighted by Gasteiger charge is 2.35. The number of nitriles is 1. The van der Waals surface area contributed by atoms with Crippen LogP contribution in [0, 0.1) is 16.7 Å². The molecule has 1 aromatic heterocycles. The fourth-order valence-electron chi connectivity index (χ4n) is 3.79. The molecule has 0 bridgehead atoms. The van der Waals surface area contributed by atoms with Gasteiger partial charge in [0.15, 0.2) is 0 Å². The molecular weight excluding hydrogens is 354 g/mol. The minimum Gasteiger partial charge on any atom is -0.444 e. The lowest BCUT2D eigenvalue weighted by Crippen LogP contribution is -2.54. The minimum atomic E-state index is -0.535. The second kappa shape index (κ2) is 7.27. The van der Waals surface area contributed by atoms with Gasteiger partial charge in [0.05, 0.1) is 17.3 Å². The first-order valence-electron chi connectivity index (χ1n) is 9.46. The van der Waals surface area contributed by atoms with E-state index in [9.17, 15) is 10.1 Å². The smallest absolute Gasteiger partial charge is 0.407 e. The Kier molecular flexibility index (Phi) is 5.16. The molecule has 1 aliphatic rings. The summed E-state index contributed by atoms with van der Waals surface area (Å²) in [6.45, 7) is 11.4. The molecule has 1 N–H and O–H groups in total. The molecule has 1 fully saturated rings. The van der Waals surface area contributed by atoms with Gasteiger partial charge in [-0.3, -0.25) is 9.97 Å². The zero-order valence-electron chi connectivity index (χ0n) is 17.1. The normalized spacial score (nSPS) is 19.1. The van der Waals surface area contributed by atoms with Crippen LogP contribution < -0.4 is 10.2 Å². The van der Waals surface area contributed by atoms with Crippen molar-refractivity contribution >= 4 is 22.8 Å². The third-order valence-corrected chi connectivity index (χ3v) is 4.64. The number of anilines is 1. The Morgan fingerprint density at radius 2 is 1.96 bits per heavy atom. The molecule has 0 saturated carbocycles. The summed E-state index contributed by atoms with van der Waals surface area (Å²) in [5.74, 6) is 0. The summed E-state index contributed by atoms with van der Waals surface area (Å²) < 4.78 is 5.42. The summed E-state index contributed by atoms with van der Waals surface area (Å²) >= 11 is 0. The number of rotatable bonds is 2. The number of ether oxygens (including phenoxy) is 1. The quantitative estimate of drug-likeness (QED) is 0.854. The van der Waals surface area contributed by atoms with Crippen molar-refractivity contribution < 1.29 is 9.53 Å². The Labute approximate surface area is 165 Å². The molecule has 0 unspecified atom stereocenters. The average molecular weight is 381 g/mol. The number of carbonyl (C=O) groups excluding carboxylic acids is 1. The predicted octanol–water partition coefficient (Wildman–Crippen LogP) is 3.63. The number of piperidine rings is 1. The third kappa shape index (κ3) is 4.50. The van der Waals surface area contributed by atoms with Crippen LogP contribution in [0.5, 0.6) is 0 Å². The maximum Gasteiger partial charge on any atom is 0.407 e. The topological polar surface area (TPSA) is 91.1 Å². The number of nitrogens with zero attached hydrogens (tertiary/aromatic N) is 4. The number of benzene rings is 1. The predicted molar refractivity (Wildman–Crippen MR) is 108 cm³/mol. The number of aromatic nitrogens is 2. The number of alkyl carbamates (subject to hydrolysis) is 1. The van der Waals surface area contributed by atoms with Gasteiger partial charge >= 0.3 is 6.09 Å². The second-order valence-electron chi connectivity index (χ2n) is 9.09. The van der Waals surface area contributed by atoms with Crippen LogP contribution in [0.1, 0.15) is 46.6 Å². The molecular formula is C21H27N5O2. The van der Waals surface area contributed by atoms with Gasteiger partial charge in [-0.15, -0.1) is 0 Å². The van der Waals surface area contributed by atoms with Crippen LogP contribution in [0.4, 0.5) is 10.5 Å². The van der Waals surface area contributed by atoms with Crippen molar-refractivity contribution in [3.05, 3.63) is 30.1 Å². The highest BCUT2D eigenvalue weighted by molar-refractivity contribution is 5.92. The van der Waals surface area contributed by atoms with Crippen LogP contribution in [0.15, 0.2) is 24.5 Å². The molecule has 7 nitrogen and oxygen atoms in total. The van der Waals surface area contributed by atoms with Crippen molar-refractivity contribution in [3.8, 4) is 6.07 Å². The van der Waals surface area contributed by atoms with Gasteiger partial charge in [0.25, 0.3) is 0 Å². The monoisotopic (exact) mass is 381 g/mol. The van der Waals surface area contributed by atoms with Crippen LogP contribution in [-0.4, -0.2) is 40.8 Å². The molecule has 1 aliphatic heterocycles. The molecule has 0 radical (unpaired) electrons. The maximum absolute atomic E-state index is 12.3. The first kappa shape index (κ1) is 19.9. The highest BCUT2D eigenvalue weighted by atomic mass is 16.6. The molecule has 0 aliphatic carbocycles. The number of fused-ring (bicyclic) bond motifs is 1. The first-order valence-corrected chi connectivity index (χ1v) is 9.46.